The minimum absolute atomic E-state index is 0.0304. The summed E-state index contributed by atoms with van der Waals surface area (Å²) in [4.78, 5) is 25.6. The second-order valence-corrected chi connectivity index (χ2v) is 5.49. The Morgan fingerprint density at radius 1 is 1.50 bits per heavy atom. The summed E-state index contributed by atoms with van der Waals surface area (Å²) in [6.45, 7) is 2.31. The van der Waals surface area contributed by atoms with Crippen LogP contribution in [0.15, 0.2) is 0 Å². The van der Waals surface area contributed by atoms with Crippen molar-refractivity contribution in [3.8, 4) is 0 Å². The lowest BCUT2D eigenvalue weighted by molar-refractivity contribution is -0.135. The summed E-state index contributed by atoms with van der Waals surface area (Å²) in [7, 11) is 0. The van der Waals surface area contributed by atoms with Gasteiger partial charge in [-0.3, -0.25) is 9.59 Å². The molecule has 0 bridgehead atoms. The zero-order valence-electron chi connectivity index (χ0n) is 11.0. The highest BCUT2D eigenvalue weighted by Crippen LogP contribution is 2.17. The number of hydrogen-bond acceptors (Lipinski definition) is 4. The topological polar surface area (TPSA) is 75.4 Å². The van der Waals surface area contributed by atoms with Crippen LogP contribution in [-0.4, -0.2) is 54.9 Å². The van der Waals surface area contributed by atoms with E-state index in [1.54, 1.807) is 11.8 Å². The summed E-state index contributed by atoms with van der Waals surface area (Å²) < 4.78 is 0. The van der Waals surface area contributed by atoms with Crippen LogP contribution in [0.3, 0.4) is 0 Å². The third kappa shape index (κ3) is 4.86. The number of nitrogens with one attached hydrogen (secondary N) is 1. The lowest BCUT2D eigenvalue weighted by Gasteiger charge is -2.32. The maximum Gasteiger partial charge on any atom is 0.224 e. The summed E-state index contributed by atoms with van der Waals surface area (Å²) in [6.07, 6.45) is 4.33. The van der Waals surface area contributed by atoms with Crippen LogP contribution in [0.1, 0.15) is 19.3 Å². The molecule has 1 saturated heterocycles. The number of rotatable bonds is 6. The molecule has 18 heavy (non-hydrogen) atoms. The fourth-order valence-corrected chi connectivity index (χ4v) is 2.48. The first kappa shape index (κ1) is 15.3. The second kappa shape index (κ2) is 8.37. The lowest BCUT2D eigenvalue weighted by atomic mass is 9.97. The number of carbonyl (C=O) groups is 2. The number of carbonyl (C=O) groups excluding carboxylic acids is 2. The minimum Gasteiger partial charge on any atom is -0.355 e. The van der Waals surface area contributed by atoms with Crippen LogP contribution in [0.5, 0.6) is 0 Å². The van der Waals surface area contributed by atoms with Crippen molar-refractivity contribution in [2.75, 3.05) is 38.2 Å². The Kier molecular flexibility index (Phi) is 7.12. The molecule has 0 spiro atoms. The molecule has 0 aliphatic carbocycles. The van der Waals surface area contributed by atoms with Crippen molar-refractivity contribution in [2.45, 2.75) is 19.3 Å². The van der Waals surface area contributed by atoms with E-state index in [1.165, 1.54) is 0 Å². The molecule has 0 aromatic rings. The van der Waals surface area contributed by atoms with Crippen LogP contribution >= 0.6 is 11.8 Å². The molecule has 6 heteroatoms. The molecule has 0 saturated carbocycles. The molecule has 104 valence electrons. The Balaban J connectivity index is 2.40. The molecule has 2 amide bonds. The van der Waals surface area contributed by atoms with Gasteiger partial charge in [0.2, 0.25) is 11.8 Å². The van der Waals surface area contributed by atoms with E-state index in [1.807, 2.05) is 11.2 Å². The van der Waals surface area contributed by atoms with Gasteiger partial charge in [-0.15, -0.1) is 0 Å². The van der Waals surface area contributed by atoms with Gasteiger partial charge in [0.25, 0.3) is 0 Å². The van der Waals surface area contributed by atoms with Crippen LogP contribution in [0.2, 0.25) is 0 Å². The van der Waals surface area contributed by atoms with Gasteiger partial charge < -0.3 is 16.0 Å². The number of nitrogens with two attached hydrogens (primary N) is 1. The highest BCUT2D eigenvalue weighted by Gasteiger charge is 2.27. The standard InChI is InChI=1S/C12H23N3O2S/c1-18-8-4-11(16)15-7-2-3-10(9-15)12(17)14-6-5-13/h10H,2-9,13H2,1H3,(H,14,17). The molecule has 1 rings (SSSR count). The summed E-state index contributed by atoms with van der Waals surface area (Å²) in [6, 6.07) is 0. The predicted octanol–water partition coefficient (Wildman–Crippen LogP) is 0.0530. The van der Waals surface area contributed by atoms with Crippen LogP contribution in [0.25, 0.3) is 0 Å². The van der Waals surface area contributed by atoms with Gasteiger partial charge in [-0.05, 0) is 19.1 Å². The molecule has 0 aromatic carbocycles. The van der Waals surface area contributed by atoms with E-state index in [2.05, 4.69) is 5.32 Å². The van der Waals surface area contributed by atoms with E-state index < -0.39 is 0 Å². The summed E-state index contributed by atoms with van der Waals surface area (Å²) in [5.74, 6) is 0.978. The second-order valence-electron chi connectivity index (χ2n) is 4.50. The zero-order chi connectivity index (χ0) is 13.4. The fraction of sp³-hybridized carbons (Fsp3) is 0.833. The normalized spacial score (nSPS) is 19.7. The van der Waals surface area contributed by atoms with E-state index in [-0.39, 0.29) is 17.7 Å². The highest BCUT2D eigenvalue weighted by molar-refractivity contribution is 7.98. The zero-order valence-corrected chi connectivity index (χ0v) is 11.8. The van der Waals surface area contributed by atoms with Crippen molar-refractivity contribution in [1.29, 1.82) is 0 Å². The average molecular weight is 273 g/mol. The molecular formula is C12H23N3O2S. The summed E-state index contributed by atoms with van der Waals surface area (Å²) in [5.41, 5.74) is 5.36. The van der Waals surface area contributed by atoms with E-state index in [0.29, 0.717) is 26.1 Å². The van der Waals surface area contributed by atoms with Crippen molar-refractivity contribution in [3.05, 3.63) is 0 Å². The van der Waals surface area contributed by atoms with Gasteiger partial charge in [-0.25, -0.2) is 0 Å². The van der Waals surface area contributed by atoms with Crippen LogP contribution in [-0.2, 0) is 9.59 Å². The smallest absolute Gasteiger partial charge is 0.224 e. The Morgan fingerprint density at radius 2 is 2.28 bits per heavy atom. The van der Waals surface area contributed by atoms with Gasteiger partial charge in [0.05, 0.1) is 5.92 Å². The van der Waals surface area contributed by atoms with Crippen molar-refractivity contribution < 1.29 is 9.59 Å². The highest BCUT2D eigenvalue weighted by atomic mass is 32.2. The van der Waals surface area contributed by atoms with Crippen LogP contribution in [0, 0.1) is 5.92 Å². The molecule has 0 aromatic heterocycles. The first-order chi connectivity index (χ1) is 8.69. The Hall–Kier alpha value is -0.750. The van der Waals surface area contributed by atoms with Crippen molar-refractivity contribution in [2.24, 2.45) is 11.7 Å². The van der Waals surface area contributed by atoms with Gasteiger partial charge in [0, 0.05) is 38.4 Å². The molecule has 1 unspecified atom stereocenters. The molecule has 3 N–H and O–H groups in total. The van der Waals surface area contributed by atoms with Crippen LogP contribution in [0.4, 0.5) is 0 Å². The fourth-order valence-electron chi connectivity index (χ4n) is 2.10. The van der Waals surface area contributed by atoms with Gasteiger partial charge in [0.15, 0.2) is 0 Å². The monoisotopic (exact) mass is 273 g/mol. The molecule has 1 heterocycles. The van der Waals surface area contributed by atoms with Gasteiger partial charge >= 0.3 is 0 Å². The van der Waals surface area contributed by atoms with E-state index >= 15 is 0 Å². The third-order valence-corrected chi connectivity index (χ3v) is 3.72. The quantitative estimate of drug-likeness (QED) is 0.717. The number of hydrogen-bond donors (Lipinski definition) is 2. The Labute approximate surface area is 113 Å². The lowest BCUT2D eigenvalue weighted by Crippen LogP contribution is -2.46. The van der Waals surface area contributed by atoms with Gasteiger partial charge in [0.1, 0.15) is 0 Å². The number of thioether (sulfide) groups is 1. The van der Waals surface area contributed by atoms with E-state index in [9.17, 15) is 9.59 Å². The molecule has 1 fully saturated rings. The first-order valence-corrected chi connectivity index (χ1v) is 7.83. The van der Waals surface area contributed by atoms with Crippen LogP contribution < -0.4 is 11.1 Å². The predicted molar refractivity (Wildman–Crippen MR) is 74.4 cm³/mol. The maximum absolute atomic E-state index is 11.9. The van der Waals surface area contributed by atoms with Gasteiger partial charge in [-0.2, -0.15) is 11.8 Å². The number of nitrogens with zero attached hydrogens (tertiary/aromatic N) is 1. The molecule has 1 atom stereocenters. The van der Waals surface area contributed by atoms with Crippen molar-refractivity contribution >= 4 is 23.6 Å². The average Bonchev–Trinajstić information content (AvgIpc) is 2.42. The van der Waals surface area contributed by atoms with Crippen molar-refractivity contribution in [3.63, 3.8) is 0 Å². The Bertz CT molecular complexity index is 260. The molecular weight excluding hydrogens is 250 g/mol. The maximum atomic E-state index is 11.9. The summed E-state index contributed by atoms with van der Waals surface area (Å²) >= 11 is 1.67. The number of piperidine rings is 1. The van der Waals surface area contributed by atoms with E-state index in [4.69, 9.17) is 5.73 Å². The molecule has 5 nitrogen and oxygen atoms in total. The first-order valence-electron chi connectivity index (χ1n) is 6.43. The number of likely N-dealkylation sites (tertiary alicyclic amines) is 1. The molecule has 0 radical (unpaired) electrons. The van der Waals surface area contributed by atoms with Gasteiger partial charge in [-0.1, -0.05) is 0 Å². The van der Waals surface area contributed by atoms with E-state index in [0.717, 1.165) is 25.1 Å². The number of amides is 2. The molecule has 1 aliphatic heterocycles. The SMILES string of the molecule is CSCCC(=O)N1CCCC(C(=O)NCCN)C1. The van der Waals surface area contributed by atoms with Crippen molar-refractivity contribution in [1.82, 2.24) is 10.2 Å². The summed E-state index contributed by atoms with van der Waals surface area (Å²) in [5, 5.41) is 2.80. The molecule has 1 aliphatic rings. The largest absolute Gasteiger partial charge is 0.355 e. The Morgan fingerprint density at radius 3 is 2.94 bits per heavy atom. The third-order valence-electron chi connectivity index (χ3n) is 3.11. The minimum atomic E-state index is -0.0662.